The lowest BCUT2D eigenvalue weighted by Crippen LogP contribution is -2.36. The molecule has 2 aliphatic rings. The summed E-state index contributed by atoms with van der Waals surface area (Å²) in [6, 6.07) is 13.1. The molecule has 0 amide bonds. The molecule has 0 fully saturated rings. The standard InChI is InChI=1S/C25H24ClNO5/c1-13-21(25(30)32-3)22(16-9-17(26)24(29)20(12-16)31-2)23-18(27-13)10-15(11-19(23)28)14-7-5-4-6-8-14/h4-9,12,15,22,27,29H,10-11H2,1-3H3. The van der Waals surface area contributed by atoms with Crippen molar-refractivity contribution in [3.63, 3.8) is 0 Å². The summed E-state index contributed by atoms with van der Waals surface area (Å²) in [5, 5.41) is 13.6. The van der Waals surface area contributed by atoms with Crippen LogP contribution in [-0.2, 0) is 14.3 Å². The van der Waals surface area contributed by atoms with Gasteiger partial charge in [-0.1, -0.05) is 41.9 Å². The van der Waals surface area contributed by atoms with Crippen LogP contribution < -0.4 is 10.1 Å². The minimum absolute atomic E-state index is 0.0426. The lowest BCUT2D eigenvalue weighted by Gasteiger charge is -2.36. The summed E-state index contributed by atoms with van der Waals surface area (Å²) in [4.78, 5) is 26.2. The molecule has 6 nitrogen and oxygen atoms in total. The topological polar surface area (TPSA) is 84.9 Å². The van der Waals surface area contributed by atoms with Crippen LogP contribution in [0.5, 0.6) is 11.5 Å². The van der Waals surface area contributed by atoms with E-state index in [9.17, 15) is 14.7 Å². The van der Waals surface area contributed by atoms with Crippen molar-refractivity contribution in [2.45, 2.75) is 31.6 Å². The summed E-state index contributed by atoms with van der Waals surface area (Å²) in [5.41, 5.74) is 3.93. The van der Waals surface area contributed by atoms with Gasteiger partial charge < -0.3 is 19.9 Å². The molecular formula is C25H24ClNO5. The molecule has 0 bridgehead atoms. The lowest BCUT2D eigenvalue weighted by atomic mass is 9.71. The van der Waals surface area contributed by atoms with Crippen molar-refractivity contribution in [2.75, 3.05) is 14.2 Å². The molecule has 32 heavy (non-hydrogen) atoms. The molecule has 1 aliphatic heterocycles. The van der Waals surface area contributed by atoms with Gasteiger partial charge >= 0.3 is 5.97 Å². The number of carbonyl (C=O) groups excluding carboxylic acids is 2. The Morgan fingerprint density at radius 1 is 1.12 bits per heavy atom. The molecule has 0 saturated carbocycles. The zero-order chi connectivity index (χ0) is 23.0. The average molecular weight is 454 g/mol. The van der Waals surface area contributed by atoms with Gasteiger partial charge in [-0.05, 0) is 42.5 Å². The number of phenolic OH excluding ortho intramolecular Hbond substituents is 1. The molecule has 1 heterocycles. The van der Waals surface area contributed by atoms with Crippen molar-refractivity contribution >= 4 is 23.4 Å². The van der Waals surface area contributed by atoms with E-state index in [1.54, 1.807) is 19.1 Å². The Morgan fingerprint density at radius 3 is 2.50 bits per heavy atom. The fourth-order valence-electron chi connectivity index (χ4n) is 4.63. The minimum Gasteiger partial charge on any atom is -0.503 e. The predicted molar refractivity (Wildman–Crippen MR) is 121 cm³/mol. The van der Waals surface area contributed by atoms with Gasteiger partial charge in [0.2, 0.25) is 0 Å². The number of phenols is 1. The molecule has 2 aromatic rings. The van der Waals surface area contributed by atoms with E-state index in [2.05, 4.69) is 5.32 Å². The summed E-state index contributed by atoms with van der Waals surface area (Å²) in [6.45, 7) is 1.79. The summed E-state index contributed by atoms with van der Waals surface area (Å²) >= 11 is 6.25. The second-order valence-corrected chi connectivity index (χ2v) is 8.38. The fourth-order valence-corrected chi connectivity index (χ4v) is 4.85. The van der Waals surface area contributed by atoms with Gasteiger partial charge in [-0.25, -0.2) is 4.79 Å². The van der Waals surface area contributed by atoms with Gasteiger partial charge in [0, 0.05) is 29.3 Å². The van der Waals surface area contributed by atoms with Crippen molar-refractivity contribution in [1.29, 1.82) is 0 Å². The maximum Gasteiger partial charge on any atom is 0.336 e. The van der Waals surface area contributed by atoms with E-state index in [4.69, 9.17) is 21.1 Å². The number of dihydropyridines is 1. The van der Waals surface area contributed by atoms with E-state index in [0.717, 1.165) is 11.3 Å². The van der Waals surface area contributed by atoms with Crippen molar-refractivity contribution < 1.29 is 24.2 Å². The van der Waals surface area contributed by atoms with E-state index >= 15 is 0 Å². The number of nitrogens with one attached hydrogen (secondary N) is 1. The summed E-state index contributed by atoms with van der Waals surface area (Å²) in [5.74, 6) is -1.25. The lowest BCUT2D eigenvalue weighted by molar-refractivity contribution is -0.136. The van der Waals surface area contributed by atoms with Crippen LogP contribution in [0.1, 0.15) is 42.7 Å². The Hall–Kier alpha value is -3.25. The minimum atomic E-state index is -0.685. The van der Waals surface area contributed by atoms with Crippen molar-refractivity contribution in [2.24, 2.45) is 0 Å². The van der Waals surface area contributed by atoms with Crippen LogP contribution in [0.4, 0.5) is 0 Å². The second kappa shape index (κ2) is 8.71. The van der Waals surface area contributed by atoms with Gasteiger partial charge in [0.05, 0.1) is 24.8 Å². The van der Waals surface area contributed by atoms with Gasteiger partial charge in [0.1, 0.15) is 0 Å². The number of ketones is 1. The van der Waals surface area contributed by atoms with Crippen LogP contribution in [0.3, 0.4) is 0 Å². The number of esters is 1. The van der Waals surface area contributed by atoms with Crippen LogP contribution in [0.25, 0.3) is 0 Å². The molecule has 2 N–H and O–H groups in total. The first-order valence-electron chi connectivity index (χ1n) is 10.3. The van der Waals surface area contributed by atoms with Gasteiger partial charge in [-0.3, -0.25) is 4.79 Å². The molecule has 2 aromatic carbocycles. The summed E-state index contributed by atoms with van der Waals surface area (Å²) in [6.07, 6.45) is 0.966. The van der Waals surface area contributed by atoms with Crippen molar-refractivity contribution in [1.82, 2.24) is 5.32 Å². The Kier molecular flexibility index (Phi) is 5.98. The number of hydrogen-bond acceptors (Lipinski definition) is 6. The maximum atomic E-state index is 13.5. The molecule has 0 aromatic heterocycles. The molecule has 0 radical (unpaired) electrons. The highest BCUT2D eigenvalue weighted by Crippen LogP contribution is 2.48. The van der Waals surface area contributed by atoms with E-state index in [1.165, 1.54) is 14.2 Å². The quantitative estimate of drug-likeness (QED) is 0.659. The van der Waals surface area contributed by atoms with E-state index in [1.807, 2.05) is 30.3 Å². The molecule has 2 unspecified atom stereocenters. The fraction of sp³-hybridized carbons (Fsp3) is 0.280. The van der Waals surface area contributed by atoms with Gasteiger partial charge in [0.15, 0.2) is 17.3 Å². The first-order chi connectivity index (χ1) is 15.3. The molecule has 166 valence electrons. The number of ether oxygens (including phenoxy) is 2. The molecule has 7 heteroatoms. The zero-order valence-corrected chi connectivity index (χ0v) is 18.8. The number of benzene rings is 2. The molecule has 0 saturated heterocycles. The highest BCUT2D eigenvalue weighted by Gasteiger charge is 2.41. The monoisotopic (exact) mass is 453 g/mol. The maximum absolute atomic E-state index is 13.5. The Balaban J connectivity index is 1.87. The second-order valence-electron chi connectivity index (χ2n) is 7.97. The van der Waals surface area contributed by atoms with Crippen LogP contribution in [0.15, 0.2) is 65.0 Å². The molecular weight excluding hydrogens is 430 g/mol. The Bertz CT molecular complexity index is 1150. The van der Waals surface area contributed by atoms with Crippen molar-refractivity contribution in [3.05, 3.63) is 81.2 Å². The van der Waals surface area contributed by atoms with E-state index < -0.39 is 11.9 Å². The number of hydrogen-bond donors (Lipinski definition) is 2. The number of methoxy groups -OCH3 is 2. The van der Waals surface area contributed by atoms with E-state index in [-0.39, 0.29) is 28.2 Å². The first-order valence-corrected chi connectivity index (χ1v) is 10.7. The number of halogens is 1. The van der Waals surface area contributed by atoms with E-state index in [0.29, 0.717) is 35.2 Å². The normalized spacial score (nSPS) is 20.6. The van der Waals surface area contributed by atoms with Crippen LogP contribution in [0, 0.1) is 0 Å². The number of allylic oxidation sites excluding steroid dienone is 3. The van der Waals surface area contributed by atoms with Gasteiger partial charge in [-0.2, -0.15) is 0 Å². The molecule has 2 atom stereocenters. The van der Waals surface area contributed by atoms with Crippen LogP contribution >= 0.6 is 11.6 Å². The summed E-state index contributed by atoms with van der Waals surface area (Å²) in [7, 11) is 2.73. The molecule has 4 rings (SSSR count). The highest BCUT2D eigenvalue weighted by atomic mass is 35.5. The molecule has 1 aliphatic carbocycles. The van der Waals surface area contributed by atoms with Gasteiger partial charge in [0.25, 0.3) is 0 Å². The third-order valence-corrected chi connectivity index (χ3v) is 6.40. The number of Topliss-reactive ketones (excluding diaryl/α,β-unsaturated/α-hetero) is 1. The predicted octanol–water partition coefficient (Wildman–Crippen LogP) is 4.59. The Labute approximate surface area is 191 Å². The smallest absolute Gasteiger partial charge is 0.336 e. The first kappa shape index (κ1) is 22.0. The Morgan fingerprint density at radius 2 is 1.84 bits per heavy atom. The third kappa shape index (κ3) is 3.75. The van der Waals surface area contributed by atoms with Crippen LogP contribution in [0.2, 0.25) is 5.02 Å². The number of rotatable bonds is 4. The zero-order valence-electron chi connectivity index (χ0n) is 18.1. The molecule has 0 spiro atoms. The highest BCUT2D eigenvalue weighted by molar-refractivity contribution is 6.32. The van der Waals surface area contributed by atoms with Crippen LogP contribution in [-0.4, -0.2) is 31.1 Å². The third-order valence-electron chi connectivity index (χ3n) is 6.11. The van der Waals surface area contributed by atoms with Crippen molar-refractivity contribution in [3.8, 4) is 11.5 Å². The SMILES string of the molecule is COC(=O)C1=C(C)NC2=C(C(=O)CC(c3ccccc3)C2)C1c1cc(Cl)c(O)c(OC)c1. The summed E-state index contributed by atoms with van der Waals surface area (Å²) < 4.78 is 10.3. The average Bonchev–Trinajstić information content (AvgIpc) is 2.79. The number of carbonyl (C=O) groups is 2. The largest absolute Gasteiger partial charge is 0.503 e. The number of aromatic hydroxyl groups is 1. The van der Waals surface area contributed by atoms with Gasteiger partial charge in [-0.15, -0.1) is 0 Å².